The molecule has 7 heteroatoms. The highest BCUT2D eigenvalue weighted by Crippen LogP contribution is 2.17. The number of nitrogens with one attached hydrogen (secondary N) is 1. The standard InChI is InChI=1S/C23H36N4O3/c1-19-6-5-8-21(16-19)30-15-9-24-22(28)17-25-11-13-26(14-12-25)18-23(29)27-10-4-3-7-20(27)2/h5-6,8,16,20H,3-4,7,9-15,17-18H2,1-2H3,(H,24,28). The van der Waals surface area contributed by atoms with E-state index < -0.39 is 0 Å². The van der Waals surface area contributed by atoms with Crippen molar-refractivity contribution in [2.24, 2.45) is 0 Å². The second-order valence-electron chi connectivity index (χ2n) is 8.50. The highest BCUT2D eigenvalue weighted by Gasteiger charge is 2.26. The quantitative estimate of drug-likeness (QED) is 0.651. The van der Waals surface area contributed by atoms with Gasteiger partial charge in [-0.25, -0.2) is 0 Å². The van der Waals surface area contributed by atoms with E-state index in [0.29, 0.717) is 32.3 Å². The van der Waals surface area contributed by atoms with Gasteiger partial charge in [-0.15, -0.1) is 0 Å². The Morgan fingerprint density at radius 2 is 1.80 bits per heavy atom. The van der Waals surface area contributed by atoms with Gasteiger partial charge in [-0.05, 0) is 50.8 Å². The van der Waals surface area contributed by atoms with Crippen molar-refractivity contribution in [1.82, 2.24) is 20.0 Å². The van der Waals surface area contributed by atoms with Crippen LogP contribution in [-0.2, 0) is 9.59 Å². The van der Waals surface area contributed by atoms with E-state index in [1.54, 1.807) is 0 Å². The summed E-state index contributed by atoms with van der Waals surface area (Å²) < 4.78 is 5.66. The van der Waals surface area contributed by atoms with E-state index in [1.165, 1.54) is 6.42 Å². The predicted molar refractivity (Wildman–Crippen MR) is 118 cm³/mol. The van der Waals surface area contributed by atoms with Crippen LogP contribution in [0.15, 0.2) is 24.3 Å². The summed E-state index contributed by atoms with van der Waals surface area (Å²) in [5, 5.41) is 2.93. The molecule has 1 aromatic carbocycles. The van der Waals surface area contributed by atoms with Crippen molar-refractivity contribution in [2.75, 3.05) is 59.0 Å². The van der Waals surface area contributed by atoms with Gasteiger partial charge in [0.25, 0.3) is 0 Å². The smallest absolute Gasteiger partial charge is 0.236 e. The maximum Gasteiger partial charge on any atom is 0.236 e. The zero-order valence-electron chi connectivity index (χ0n) is 18.4. The lowest BCUT2D eigenvalue weighted by molar-refractivity contribution is -0.136. The molecule has 2 aliphatic heterocycles. The van der Waals surface area contributed by atoms with Crippen LogP contribution in [-0.4, -0.2) is 91.5 Å². The summed E-state index contributed by atoms with van der Waals surface area (Å²) in [6, 6.07) is 8.26. The Kier molecular flexibility index (Phi) is 8.51. The van der Waals surface area contributed by atoms with Gasteiger partial charge in [-0.1, -0.05) is 12.1 Å². The molecule has 1 unspecified atom stereocenters. The Hall–Kier alpha value is -2.12. The van der Waals surface area contributed by atoms with Gasteiger partial charge in [0.2, 0.25) is 11.8 Å². The highest BCUT2D eigenvalue weighted by molar-refractivity contribution is 5.79. The number of rotatable bonds is 8. The molecule has 0 radical (unpaired) electrons. The maximum absolute atomic E-state index is 12.6. The van der Waals surface area contributed by atoms with Gasteiger partial charge in [0.05, 0.1) is 19.6 Å². The lowest BCUT2D eigenvalue weighted by Gasteiger charge is -2.37. The summed E-state index contributed by atoms with van der Waals surface area (Å²) >= 11 is 0. The van der Waals surface area contributed by atoms with Crippen molar-refractivity contribution < 1.29 is 14.3 Å². The van der Waals surface area contributed by atoms with Gasteiger partial charge in [0.15, 0.2) is 0 Å². The van der Waals surface area contributed by atoms with Crippen LogP contribution in [0, 0.1) is 6.92 Å². The lowest BCUT2D eigenvalue weighted by Crippen LogP contribution is -2.53. The third-order valence-electron chi connectivity index (χ3n) is 6.00. The molecule has 166 valence electrons. The normalized spacial score (nSPS) is 20.7. The van der Waals surface area contributed by atoms with E-state index in [2.05, 4.69) is 22.0 Å². The van der Waals surface area contributed by atoms with Crippen molar-refractivity contribution in [1.29, 1.82) is 0 Å². The van der Waals surface area contributed by atoms with Crippen LogP contribution in [0.4, 0.5) is 0 Å². The van der Waals surface area contributed by atoms with Gasteiger partial charge in [0.1, 0.15) is 12.4 Å². The van der Waals surface area contributed by atoms with Gasteiger partial charge >= 0.3 is 0 Å². The first-order chi connectivity index (χ1) is 14.5. The average Bonchev–Trinajstić information content (AvgIpc) is 2.73. The van der Waals surface area contributed by atoms with Crippen LogP contribution in [0.1, 0.15) is 31.7 Å². The zero-order valence-corrected chi connectivity index (χ0v) is 18.4. The Morgan fingerprint density at radius 1 is 1.07 bits per heavy atom. The largest absolute Gasteiger partial charge is 0.492 e. The van der Waals surface area contributed by atoms with Crippen molar-refractivity contribution >= 4 is 11.8 Å². The molecule has 2 aliphatic rings. The molecule has 0 aliphatic carbocycles. The molecule has 1 aromatic rings. The topological polar surface area (TPSA) is 65.1 Å². The number of carbonyl (C=O) groups is 2. The minimum absolute atomic E-state index is 0.0227. The third-order valence-corrected chi connectivity index (χ3v) is 6.00. The van der Waals surface area contributed by atoms with E-state index in [1.807, 2.05) is 36.1 Å². The predicted octanol–water partition coefficient (Wildman–Crippen LogP) is 1.51. The van der Waals surface area contributed by atoms with Gasteiger partial charge in [0, 0.05) is 38.8 Å². The van der Waals surface area contributed by atoms with Crippen LogP contribution >= 0.6 is 0 Å². The molecule has 3 rings (SSSR count). The van der Waals surface area contributed by atoms with Gasteiger partial charge < -0.3 is 15.0 Å². The first kappa shape index (κ1) is 22.6. The second kappa shape index (κ2) is 11.3. The molecular weight excluding hydrogens is 380 g/mol. The molecule has 7 nitrogen and oxygen atoms in total. The van der Waals surface area contributed by atoms with Crippen LogP contribution in [0.25, 0.3) is 0 Å². The molecular formula is C23H36N4O3. The molecule has 1 atom stereocenters. The van der Waals surface area contributed by atoms with Gasteiger partial charge in [-0.3, -0.25) is 19.4 Å². The molecule has 0 bridgehead atoms. The number of piperidine rings is 1. The SMILES string of the molecule is Cc1cccc(OCCNC(=O)CN2CCN(CC(=O)N3CCCCC3C)CC2)c1. The number of aryl methyl sites for hydroxylation is 1. The van der Waals surface area contributed by atoms with Crippen molar-refractivity contribution in [2.45, 2.75) is 39.2 Å². The Balaban J connectivity index is 1.28. The average molecular weight is 417 g/mol. The van der Waals surface area contributed by atoms with E-state index in [9.17, 15) is 9.59 Å². The summed E-state index contributed by atoms with van der Waals surface area (Å²) in [5.41, 5.74) is 1.16. The minimum atomic E-state index is 0.0227. The van der Waals surface area contributed by atoms with Crippen LogP contribution in [0.3, 0.4) is 0 Å². The zero-order chi connectivity index (χ0) is 21.3. The number of benzene rings is 1. The Bertz CT molecular complexity index is 703. The molecule has 2 amide bonds. The fourth-order valence-electron chi connectivity index (χ4n) is 4.18. The summed E-state index contributed by atoms with van der Waals surface area (Å²) in [5.74, 6) is 1.10. The number of ether oxygens (including phenoxy) is 1. The number of carbonyl (C=O) groups excluding carboxylic acids is 2. The van der Waals surface area contributed by atoms with Crippen molar-refractivity contribution in [3.63, 3.8) is 0 Å². The van der Waals surface area contributed by atoms with Crippen LogP contribution in [0.5, 0.6) is 5.75 Å². The van der Waals surface area contributed by atoms with Crippen LogP contribution < -0.4 is 10.1 Å². The lowest BCUT2D eigenvalue weighted by atomic mass is 10.0. The Labute approximate surface area is 180 Å². The first-order valence-electron chi connectivity index (χ1n) is 11.2. The summed E-state index contributed by atoms with van der Waals surface area (Å²) in [6.45, 7) is 10.2. The second-order valence-corrected chi connectivity index (χ2v) is 8.50. The molecule has 30 heavy (non-hydrogen) atoms. The molecule has 1 N–H and O–H groups in total. The molecule has 0 spiro atoms. The molecule has 0 saturated carbocycles. The number of hydrogen-bond acceptors (Lipinski definition) is 5. The number of amides is 2. The number of nitrogens with zero attached hydrogens (tertiary/aromatic N) is 3. The fraction of sp³-hybridized carbons (Fsp3) is 0.652. The minimum Gasteiger partial charge on any atom is -0.492 e. The monoisotopic (exact) mass is 416 g/mol. The Morgan fingerprint density at radius 3 is 2.50 bits per heavy atom. The van der Waals surface area contributed by atoms with Crippen molar-refractivity contribution in [3.05, 3.63) is 29.8 Å². The molecule has 2 heterocycles. The molecule has 2 fully saturated rings. The molecule has 2 saturated heterocycles. The number of likely N-dealkylation sites (tertiary alicyclic amines) is 1. The van der Waals surface area contributed by atoms with E-state index in [0.717, 1.165) is 56.9 Å². The maximum atomic E-state index is 12.6. The summed E-state index contributed by atoms with van der Waals surface area (Å²) in [7, 11) is 0. The summed E-state index contributed by atoms with van der Waals surface area (Å²) in [4.78, 5) is 31.2. The fourth-order valence-corrected chi connectivity index (χ4v) is 4.18. The van der Waals surface area contributed by atoms with Gasteiger partial charge in [-0.2, -0.15) is 0 Å². The molecule has 0 aromatic heterocycles. The van der Waals surface area contributed by atoms with Crippen LogP contribution in [0.2, 0.25) is 0 Å². The van der Waals surface area contributed by atoms with E-state index >= 15 is 0 Å². The van der Waals surface area contributed by atoms with Crippen molar-refractivity contribution in [3.8, 4) is 5.75 Å². The van der Waals surface area contributed by atoms with E-state index in [-0.39, 0.29) is 11.8 Å². The number of piperazine rings is 1. The van der Waals surface area contributed by atoms with E-state index in [4.69, 9.17) is 4.74 Å². The summed E-state index contributed by atoms with van der Waals surface area (Å²) in [6.07, 6.45) is 3.46. The first-order valence-corrected chi connectivity index (χ1v) is 11.2. The number of hydrogen-bond donors (Lipinski definition) is 1. The highest BCUT2D eigenvalue weighted by atomic mass is 16.5. The third kappa shape index (κ3) is 6.99.